The summed E-state index contributed by atoms with van der Waals surface area (Å²) in [6.45, 7) is 4.81. The van der Waals surface area contributed by atoms with E-state index >= 15 is 0 Å². The fourth-order valence-electron chi connectivity index (χ4n) is 1.99. The van der Waals surface area contributed by atoms with Gasteiger partial charge in [0, 0.05) is 19.3 Å². The van der Waals surface area contributed by atoms with Crippen LogP contribution in [0.4, 0.5) is 0 Å². The van der Waals surface area contributed by atoms with Crippen LogP contribution >= 0.6 is 0 Å². The van der Waals surface area contributed by atoms with Crippen molar-refractivity contribution >= 4 is 21.7 Å². The monoisotopic (exact) mass is 277 g/mol. The molecular weight excluding hydrogens is 258 g/mol. The molecule has 0 saturated carbocycles. The fraction of sp³-hybridized carbons (Fsp3) is 0.818. The molecule has 18 heavy (non-hydrogen) atoms. The Hall–Kier alpha value is -1.11. The van der Waals surface area contributed by atoms with E-state index in [1.165, 1.54) is 18.7 Å². The maximum absolute atomic E-state index is 12.2. The van der Waals surface area contributed by atoms with E-state index in [9.17, 15) is 18.0 Å². The zero-order valence-electron chi connectivity index (χ0n) is 11.0. The Kier molecular flexibility index (Phi) is 3.76. The second-order valence-corrected chi connectivity index (χ2v) is 7.98. The zero-order valence-corrected chi connectivity index (χ0v) is 11.8. The van der Waals surface area contributed by atoms with Crippen molar-refractivity contribution < 1.29 is 23.1 Å². The van der Waals surface area contributed by atoms with Crippen LogP contribution in [0.3, 0.4) is 0 Å². The topological polar surface area (TPSA) is 91.8 Å². The third-order valence-electron chi connectivity index (χ3n) is 3.66. The predicted octanol–water partition coefficient (Wildman–Crippen LogP) is -0.0113. The normalized spacial score (nSPS) is 25.2. The number of amides is 1. The summed E-state index contributed by atoms with van der Waals surface area (Å²) in [5, 5.41) is 8.99. The molecule has 1 aliphatic heterocycles. The molecule has 6 nitrogen and oxygen atoms in total. The van der Waals surface area contributed by atoms with Crippen LogP contribution < -0.4 is 0 Å². The minimum Gasteiger partial charge on any atom is -0.481 e. The van der Waals surface area contributed by atoms with Crippen molar-refractivity contribution in [1.82, 2.24) is 4.90 Å². The van der Waals surface area contributed by atoms with E-state index in [-0.39, 0.29) is 19.0 Å². The number of carbonyl (C=O) groups excluding carboxylic acids is 1. The Morgan fingerprint density at radius 2 is 1.78 bits per heavy atom. The van der Waals surface area contributed by atoms with Gasteiger partial charge in [0.25, 0.3) is 0 Å². The highest BCUT2D eigenvalue weighted by molar-refractivity contribution is 7.92. The Balaban J connectivity index is 2.93. The molecule has 1 aliphatic rings. The SMILES string of the molecule is C[C@@H]1CN(C(=O)C(C)(C)S(C)(=O)=O)C[C@H]1C(=O)O. The van der Waals surface area contributed by atoms with E-state index < -0.39 is 32.4 Å². The lowest BCUT2D eigenvalue weighted by Crippen LogP contribution is -2.49. The second-order valence-electron chi connectivity index (χ2n) is 5.41. The molecule has 0 aromatic rings. The Labute approximate surface area is 107 Å². The average Bonchev–Trinajstić information content (AvgIpc) is 2.57. The number of carboxylic acid groups (broad SMARTS) is 1. The van der Waals surface area contributed by atoms with Crippen LogP contribution in [0.2, 0.25) is 0 Å². The van der Waals surface area contributed by atoms with Crippen molar-refractivity contribution in [3.05, 3.63) is 0 Å². The first-order valence-corrected chi connectivity index (χ1v) is 7.59. The average molecular weight is 277 g/mol. The fourth-order valence-corrected chi connectivity index (χ4v) is 2.44. The van der Waals surface area contributed by atoms with Crippen LogP contribution in [0.1, 0.15) is 20.8 Å². The quantitative estimate of drug-likeness (QED) is 0.783. The number of hydrogen-bond donors (Lipinski definition) is 1. The highest BCUT2D eigenvalue weighted by Gasteiger charge is 2.46. The lowest BCUT2D eigenvalue weighted by Gasteiger charge is -2.27. The first-order valence-electron chi connectivity index (χ1n) is 5.70. The van der Waals surface area contributed by atoms with Crippen molar-refractivity contribution in [2.45, 2.75) is 25.5 Å². The third-order valence-corrected chi connectivity index (χ3v) is 5.69. The predicted molar refractivity (Wildman–Crippen MR) is 65.8 cm³/mol. The molecule has 0 bridgehead atoms. The summed E-state index contributed by atoms with van der Waals surface area (Å²) in [6.07, 6.45) is 1.01. The molecule has 0 spiro atoms. The standard InChI is InChI=1S/C11H19NO5S/c1-7-5-12(6-8(7)9(13)14)10(15)11(2,3)18(4,16)17/h7-8H,5-6H2,1-4H3,(H,13,14)/t7-,8-/m1/s1. The van der Waals surface area contributed by atoms with E-state index in [0.29, 0.717) is 0 Å². The zero-order chi connectivity index (χ0) is 14.3. The van der Waals surface area contributed by atoms with E-state index in [1.807, 2.05) is 0 Å². The molecule has 1 rings (SSSR count). The number of sulfone groups is 1. The van der Waals surface area contributed by atoms with Crippen molar-refractivity contribution in [3.63, 3.8) is 0 Å². The van der Waals surface area contributed by atoms with E-state index in [2.05, 4.69) is 0 Å². The van der Waals surface area contributed by atoms with Gasteiger partial charge in [-0.1, -0.05) is 6.92 Å². The number of hydrogen-bond acceptors (Lipinski definition) is 4. The molecule has 1 amide bonds. The summed E-state index contributed by atoms with van der Waals surface area (Å²) in [5.41, 5.74) is 0. The van der Waals surface area contributed by atoms with Crippen molar-refractivity contribution in [3.8, 4) is 0 Å². The maximum atomic E-state index is 12.2. The van der Waals surface area contributed by atoms with Crippen LogP contribution in [0.25, 0.3) is 0 Å². The molecule has 0 aromatic heterocycles. The highest BCUT2D eigenvalue weighted by atomic mass is 32.2. The number of carbonyl (C=O) groups is 2. The Morgan fingerprint density at radius 1 is 1.28 bits per heavy atom. The largest absolute Gasteiger partial charge is 0.481 e. The first-order chi connectivity index (χ1) is 7.98. The highest BCUT2D eigenvalue weighted by Crippen LogP contribution is 2.27. The molecule has 104 valence electrons. The van der Waals surface area contributed by atoms with Gasteiger partial charge in [0.05, 0.1) is 5.92 Å². The maximum Gasteiger partial charge on any atom is 0.308 e. The summed E-state index contributed by atoms with van der Waals surface area (Å²) in [6, 6.07) is 0. The number of likely N-dealkylation sites (tertiary alicyclic amines) is 1. The first kappa shape index (κ1) is 14.9. The van der Waals surface area contributed by atoms with Gasteiger partial charge in [0.15, 0.2) is 9.84 Å². The van der Waals surface area contributed by atoms with Crippen molar-refractivity contribution in [1.29, 1.82) is 0 Å². The number of rotatable bonds is 3. The molecule has 0 aromatic carbocycles. The molecule has 1 N–H and O–H groups in total. The van der Waals surface area contributed by atoms with Crippen LogP contribution in [0.5, 0.6) is 0 Å². The smallest absolute Gasteiger partial charge is 0.308 e. The number of carboxylic acids is 1. The van der Waals surface area contributed by atoms with Crippen molar-refractivity contribution in [2.24, 2.45) is 11.8 Å². The van der Waals surface area contributed by atoms with Crippen LogP contribution in [0.15, 0.2) is 0 Å². The van der Waals surface area contributed by atoms with Crippen LogP contribution in [0, 0.1) is 11.8 Å². The molecular formula is C11H19NO5S. The Morgan fingerprint density at radius 3 is 2.11 bits per heavy atom. The summed E-state index contributed by atoms with van der Waals surface area (Å²) in [5.74, 6) is -2.26. The van der Waals surface area contributed by atoms with E-state index in [0.717, 1.165) is 6.26 Å². The molecule has 1 saturated heterocycles. The molecule has 1 fully saturated rings. The molecule has 0 aliphatic carbocycles. The minimum absolute atomic E-state index is 0.0777. The van der Waals surface area contributed by atoms with Crippen LogP contribution in [-0.2, 0) is 19.4 Å². The van der Waals surface area contributed by atoms with Gasteiger partial charge in [0.1, 0.15) is 4.75 Å². The van der Waals surface area contributed by atoms with Gasteiger partial charge in [-0.05, 0) is 19.8 Å². The van der Waals surface area contributed by atoms with Crippen LogP contribution in [-0.4, -0.2) is 54.4 Å². The van der Waals surface area contributed by atoms with Gasteiger partial charge in [-0.3, -0.25) is 9.59 Å². The lowest BCUT2D eigenvalue weighted by molar-refractivity contribution is -0.142. The van der Waals surface area contributed by atoms with E-state index in [4.69, 9.17) is 5.11 Å². The minimum atomic E-state index is -3.53. The van der Waals surface area contributed by atoms with Gasteiger partial charge in [-0.2, -0.15) is 0 Å². The summed E-state index contributed by atoms with van der Waals surface area (Å²) < 4.78 is 21.7. The molecule has 7 heteroatoms. The summed E-state index contributed by atoms with van der Waals surface area (Å²) >= 11 is 0. The summed E-state index contributed by atoms with van der Waals surface area (Å²) in [4.78, 5) is 24.5. The lowest BCUT2D eigenvalue weighted by atomic mass is 9.99. The second kappa shape index (κ2) is 4.53. The van der Waals surface area contributed by atoms with Gasteiger partial charge >= 0.3 is 5.97 Å². The van der Waals surface area contributed by atoms with Gasteiger partial charge in [-0.15, -0.1) is 0 Å². The Bertz CT molecular complexity index is 468. The van der Waals surface area contributed by atoms with Gasteiger partial charge in [0.2, 0.25) is 5.91 Å². The summed E-state index contributed by atoms with van der Waals surface area (Å²) in [7, 11) is -3.53. The third kappa shape index (κ3) is 2.50. The van der Waals surface area contributed by atoms with Gasteiger partial charge in [-0.25, -0.2) is 8.42 Å². The molecule has 2 atom stereocenters. The molecule has 1 heterocycles. The number of aliphatic carboxylic acids is 1. The van der Waals surface area contributed by atoms with Crippen molar-refractivity contribution in [2.75, 3.05) is 19.3 Å². The van der Waals surface area contributed by atoms with Gasteiger partial charge < -0.3 is 10.0 Å². The molecule has 0 radical (unpaired) electrons. The van der Waals surface area contributed by atoms with E-state index in [1.54, 1.807) is 6.92 Å². The number of nitrogens with zero attached hydrogens (tertiary/aromatic N) is 1. The molecule has 0 unspecified atom stereocenters.